The molecule has 0 atom stereocenters. The molecule has 166 valence electrons. The van der Waals surface area contributed by atoms with E-state index in [9.17, 15) is 14.4 Å². The Bertz CT molecular complexity index is 1140. The third kappa shape index (κ3) is 6.51. The Balaban J connectivity index is 1.57. The summed E-state index contributed by atoms with van der Waals surface area (Å²) < 4.78 is 0. The van der Waals surface area contributed by atoms with E-state index >= 15 is 0 Å². The van der Waals surface area contributed by atoms with Crippen molar-refractivity contribution in [3.8, 4) is 11.1 Å². The summed E-state index contributed by atoms with van der Waals surface area (Å²) in [4.78, 5) is 41.9. The second-order valence-corrected chi connectivity index (χ2v) is 7.23. The van der Waals surface area contributed by atoms with E-state index in [2.05, 4.69) is 25.9 Å². The zero-order valence-corrected chi connectivity index (χ0v) is 17.6. The number of aromatic amines is 1. The van der Waals surface area contributed by atoms with Crippen molar-refractivity contribution in [1.82, 2.24) is 15.3 Å². The molecule has 0 aliphatic rings. The van der Waals surface area contributed by atoms with Gasteiger partial charge in [0.15, 0.2) is 0 Å². The Hall–Kier alpha value is -3.98. The second-order valence-electron chi connectivity index (χ2n) is 7.23. The lowest BCUT2D eigenvalue weighted by molar-refractivity contribution is -0.137. The predicted octanol–water partition coefficient (Wildman–Crippen LogP) is 3.34. The molecule has 0 aliphatic heterocycles. The molecule has 3 rings (SSSR count). The van der Waals surface area contributed by atoms with Crippen LogP contribution in [0.2, 0.25) is 0 Å². The summed E-state index contributed by atoms with van der Waals surface area (Å²) in [6.07, 6.45) is 2.22. The number of rotatable bonds is 9. The molecule has 0 spiro atoms. The second kappa shape index (κ2) is 10.9. The maximum atomic E-state index is 12.5. The SMILES string of the molecule is Cc1ccccc1NC(=O)Nc1nc(=O)c(-c2ccc(CNCCCC(=O)O)cc2)c[nH]1. The van der Waals surface area contributed by atoms with Crippen LogP contribution in [0.1, 0.15) is 24.0 Å². The molecule has 3 aromatic rings. The molecule has 2 aromatic carbocycles. The van der Waals surface area contributed by atoms with E-state index in [1.54, 1.807) is 6.07 Å². The topological polar surface area (TPSA) is 136 Å². The lowest BCUT2D eigenvalue weighted by atomic mass is 10.1. The maximum Gasteiger partial charge on any atom is 0.326 e. The number of carboxylic acid groups (broad SMARTS) is 1. The largest absolute Gasteiger partial charge is 0.481 e. The summed E-state index contributed by atoms with van der Waals surface area (Å²) in [6, 6.07) is 14.3. The van der Waals surface area contributed by atoms with Gasteiger partial charge < -0.3 is 20.7 Å². The van der Waals surface area contributed by atoms with E-state index in [-0.39, 0.29) is 12.4 Å². The zero-order chi connectivity index (χ0) is 22.9. The molecule has 32 heavy (non-hydrogen) atoms. The highest BCUT2D eigenvalue weighted by Gasteiger charge is 2.09. The molecule has 9 nitrogen and oxygen atoms in total. The average molecular weight is 435 g/mol. The third-order valence-corrected chi connectivity index (χ3v) is 4.76. The molecular formula is C23H25N5O4. The minimum Gasteiger partial charge on any atom is -0.481 e. The molecular weight excluding hydrogens is 410 g/mol. The lowest BCUT2D eigenvalue weighted by Gasteiger charge is -2.09. The van der Waals surface area contributed by atoms with E-state index in [0.29, 0.717) is 36.3 Å². The number of para-hydroxylation sites is 1. The number of carboxylic acids is 1. The zero-order valence-electron chi connectivity index (χ0n) is 17.6. The lowest BCUT2D eigenvalue weighted by Crippen LogP contribution is -2.23. The highest BCUT2D eigenvalue weighted by molar-refractivity contribution is 5.99. The Morgan fingerprint density at radius 1 is 1.06 bits per heavy atom. The number of amides is 2. The van der Waals surface area contributed by atoms with Crippen molar-refractivity contribution in [2.24, 2.45) is 0 Å². The Morgan fingerprint density at radius 2 is 1.81 bits per heavy atom. The molecule has 0 fully saturated rings. The molecule has 0 radical (unpaired) electrons. The van der Waals surface area contributed by atoms with Crippen LogP contribution in [0.4, 0.5) is 16.4 Å². The van der Waals surface area contributed by atoms with Crippen LogP contribution in [0.5, 0.6) is 0 Å². The van der Waals surface area contributed by atoms with E-state index in [1.807, 2.05) is 49.4 Å². The predicted molar refractivity (Wildman–Crippen MR) is 123 cm³/mol. The quantitative estimate of drug-likeness (QED) is 0.327. The number of nitrogens with zero attached hydrogens (tertiary/aromatic N) is 1. The number of aromatic nitrogens is 2. The summed E-state index contributed by atoms with van der Waals surface area (Å²) in [5, 5.41) is 17.1. The van der Waals surface area contributed by atoms with Crippen LogP contribution in [0.15, 0.2) is 59.5 Å². The molecule has 5 N–H and O–H groups in total. The van der Waals surface area contributed by atoms with Gasteiger partial charge >= 0.3 is 12.0 Å². The number of aryl methyl sites for hydroxylation is 1. The summed E-state index contributed by atoms with van der Waals surface area (Å²) in [5.41, 5.74) is 3.22. The Morgan fingerprint density at radius 3 is 2.50 bits per heavy atom. The molecule has 0 bridgehead atoms. The van der Waals surface area contributed by atoms with Crippen molar-refractivity contribution in [3.63, 3.8) is 0 Å². The number of benzene rings is 2. The van der Waals surface area contributed by atoms with Gasteiger partial charge in [0.2, 0.25) is 5.95 Å². The van der Waals surface area contributed by atoms with E-state index < -0.39 is 17.6 Å². The van der Waals surface area contributed by atoms with Crippen molar-refractivity contribution >= 4 is 23.6 Å². The number of anilines is 2. The first-order valence-corrected chi connectivity index (χ1v) is 10.2. The highest BCUT2D eigenvalue weighted by Crippen LogP contribution is 2.16. The van der Waals surface area contributed by atoms with Gasteiger partial charge in [0.05, 0.1) is 5.56 Å². The van der Waals surface area contributed by atoms with Crippen molar-refractivity contribution < 1.29 is 14.7 Å². The van der Waals surface area contributed by atoms with Gasteiger partial charge in [-0.25, -0.2) is 4.79 Å². The standard InChI is InChI=1S/C23H25N5O4/c1-15-5-2-3-6-19(15)26-23(32)28-22-25-14-18(21(31)27-22)17-10-8-16(9-11-17)13-24-12-4-7-20(29)30/h2-3,5-6,8-11,14,24H,4,7,12-13H2,1H3,(H,29,30)(H3,25,26,27,28,31,32). The van der Waals surface area contributed by atoms with Gasteiger partial charge in [-0.05, 0) is 42.6 Å². The number of carbonyl (C=O) groups excluding carboxylic acids is 1. The fraction of sp³-hybridized carbons (Fsp3) is 0.217. The summed E-state index contributed by atoms with van der Waals surface area (Å²) in [7, 11) is 0. The van der Waals surface area contributed by atoms with Gasteiger partial charge in [0.1, 0.15) is 0 Å². The first-order chi connectivity index (χ1) is 15.4. The van der Waals surface area contributed by atoms with Crippen molar-refractivity contribution in [3.05, 3.63) is 76.2 Å². The minimum atomic E-state index is -0.803. The van der Waals surface area contributed by atoms with Crippen LogP contribution in [0.25, 0.3) is 11.1 Å². The molecule has 9 heteroatoms. The van der Waals surface area contributed by atoms with E-state index in [0.717, 1.165) is 11.1 Å². The number of H-pyrrole nitrogens is 1. The van der Waals surface area contributed by atoms with Gasteiger partial charge in [0.25, 0.3) is 5.56 Å². The van der Waals surface area contributed by atoms with Crippen LogP contribution in [-0.2, 0) is 11.3 Å². The average Bonchev–Trinajstić information content (AvgIpc) is 2.76. The van der Waals surface area contributed by atoms with Crippen molar-refractivity contribution in [2.45, 2.75) is 26.3 Å². The first kappa shape index (κ1) is 22.7. The first-order valence-electron chi connectivity index (χ1n) is 10.2. The summed E-state index contributed by atoms with van der Waals surface area (Å²) in [6.45, 7) is 3.10. The molecule has 0 aliphatic carbocycles. The molecule has 1 aromatic heterocycles. The van der Waals surface area contributed by atoms with Gasteiger partial charge in [-0.3, -0.25) is 14.9 Å². The molecule has 1 heterocycles. The van der Waals surface area contributed by atoms with Gasteiger partial charge in [-0.15, -0.1) is 0 Å². The number of urea groups is 1. The van der Waals surface area contributed by atoms with Crippen molar-refractivity contribution in [2.75, 3.05) is 17.2 Å². The Kier molecular flexibility index (Phi) is 7.71. The smallest absolute Gasteiger partial charge is 0.326 e. The van der Waals surface area contributed by atoms with Gasteiger partial charge in [0, 0.05) is 24.8 Å². The number of hydrogen-bond acceptors (Lipinski definition) is 5. The molecule has 0 unspecified atom stereocenters. The van der Waals surface area contributed by atoms with Crippen LogP contribution >= 0.6 is 0 Å². The monoisotopic (exact) mass is 435 g/mol. The van der Waals surface area contributed by atoms with Crippen LogP contribution < -0.4 is 21.5 Å². The minimum absolute atomic E-state index is 0.0482. The van der Waals surface area contributed by atoms with Gasteiger partial charge in [-0.2, -0.15) is 4.98 Å². The van der Waals surface area contributed by atoms with Crippen LogP contribution in [0.3, 0.4) is 0 Å². The van der Waals surface area contributed by atoms with Crippen LogP contribution in [0, 0.1) is 6.92 Å². The number of hydrogen-bond donors (Lipinski definition) is 5. The fourth-order valence-electron chi connectivity index (χ4n) is 3.04. The number of carbonyl (C=O) groups is 2. The molecule has 0 saturated carbocycles. The highest BCUT2D eigenvalue weighted by atomic mass is 16.4. The summed E-state index contributed by atoms with van der Waals surface area (Å²) in [5.74, 6) is -0.755. The molecule has 2 amide bonds. The fourth-order valence-corrected chi connectivity index (χ4v) is 3.04. The number of aliphatic carboxylic acids is 1. The van der Waals surface area contributed by atoms with Crippen LogP contribution in [-0.4, -0.2) is 33.6 Å². The third-order valence-electron chi connectivity index (χ3n) is 4.76. The van der Waals surface area contributed by atoms with Gasteiger partial charge in [-0.1, -0.05) is 42.5 Å². The summed E-state index contributed by atoms with van der Waals surface area (Å²) >= 11 is 0. The normalized spacial score (nSPS) is 10.5. The van der Waals surface area contributed by atoms with E-state index in [4.69, 9.17) is 5.11 Å². The molecule has 0 saturated heterocycles. The Labute approximate surface area is 184 Å². The van der Waals surface area contributed by atoms with E-state index in [1.165, 1.54) is 6.20 Å². The maximum absolute atomic E-state index is 12.5. The number of nitrogens with one attached hydrogen (secondary N) is 4. The van der Waals surface area contributed by atoms with Crippen molar-refractivity contribution in [1.29, 1.82) is 0 Å².